The summed E-state index contributed by atoms with van der Waals surface area (Å²) < 4.78 is 0. The number of anilines is 1. The van der Waals surface area contributed by atoms with Gasteiger partial charge < -0.3 is 15.6 Å². The summed E-state index contributed by atoms with van der Waals surface area (Å²) in [6.07, 6.45) is 14.0. The number of hydrogen-bond acceptors (Lipinski definition) is 6. The minimum absolute atomic E-state index is 0.558. The highest BCUT2D eigenvalue weighted by Crippen LogP contribution is 2.18. The van der Waals surface area contributed by atoms with E-state index >= 15 is 0 Å². The van der Waals surface area contributed by atoms with Crippen LogP contribution in [0.2, 0.25) is 0 Å². The predicted molar refractivity (Wildman–Crippen MR) is 98.6 cm³/mol. The van der Waals surface area contributed by atoms with Crippen molar-refractivity contribution in [3.8, 4) is 0 Å². The Morgan fingerprint density at radius 1 is 0.885 bits per heavy atom. The highest BCUT2D eigenvalue weighted by Gasteiger charge is 2.08. The van der Waals surface area contributed by atoms with Gasteiger partial charge >= 0.3 is 11.9 Å². The van der Waals surface area contributed by atoms with Crippen molar-refractivity contribution in [3.63, 3.8) is 0 Å². The maximum Gasteiger partial charge on any atom is 0.328 e. The Morgan fingerprint density at radius 2 is 1.38 bits per heavy atom. The highest BCUT2D eigenvalue weighted by atomic mass is 16.4. The predicted octanol–water partition coefficient (Wildman–Crippen LogP) is 2.69. The third-order valence-electron chi connectivity index (χ3n) is 4.09. The Morgan fingerprint density at radius 3 is 1.88 bits per heavy atom. The van der Waals surface area contributed by atoms with Crippen molar-refractivity contribution in [3.05, 3.63) is 29.5 Å². The number of rotatable bonds is 3. The van der Waals surface area contributed by atoms with Crippen LogP contribution < -0.4 is 11.3 Å². The summed E-state index contributed by atoms with van der Waals surface area (Å²) in [5, 5.41) is 24.0. The number of aryl methyl sites for hydroxylation is 2. The van der Waals surface area contributed by atoms with Crippen molar-refractivity contribution >= 4 is 17.8 Å². The number of carboxylic acids is 2. The van der Waals surface area contributed by atoms with Gasteiger partial charge in [0.2, 0.25) is 0 Å². The van der Waals surface area contributed by atoms with Crippen LogP contribution in [0.3, 0.4) is 0 Å². The number of aliphatic carboxylic acids is 2. The molecule has 144 valence electrons. The zero-order chi connectivity index (χ0) is 19.2. The van der Waals surface area contributed by atoms with E-state index in [1.54, 1.807) is 0 Å². The van der Waals surface area contributed by atoms with Gasteiger partial charge in [-0.25, -0.2) is 15.4 Å². The number of nitrogen functional groups attached to an aromatic ring is 1. The van der Waals surface area contributed by atoms with E-state index in [0.29, 0.717) is 18.0 Å². The fourth-order valence-corrected chi connectivity index (χ4v) is 2.76. The van der Waals surface area contributed by atoms with Crippen LogP contribution >= 0.6 is 0 Å². The summed E-state index contributed by atoms with van der Waals surface area (Å²) in [5.41, 5.74) is 5.10. The Balaban J connectivity index is 0.000000359. The van der Waals surface area contributed by atoms with E-state index in [2.05, 4.69) is 21.7 Å². The van der Waals surface area contributed by atoms with Crippen LogP contribution in [0.1, 0.15) is 62.6 Å². The first-order valence-corrected chi connectivity index (χ1v) is 8.99. The second kappa shape index (κ2) is 12.8. The van der Waals surface area contributed by atoms with E-state index in [0.717, 1.165) is 12.8 Å². The normalized spacial score (nSPS) is 15.6. The molecule has 0 saturated heterocycles. The van der Waals surface area contributed by atoms with Crippen molar-refractivity contribution in [2.75, 3.05) is 5.43 Å². The molecule has 1 aromatic heterocycles. The van der Waals surface area contributed by atoms with Gasteiger partial charge in [0.15, 0.2) is 5.82 Å². The third kappa shape index (κ3) is 9.73. The molecule has 0 fully saturated rings. The van der Waals surface area contributed by atoms with Gasteiger partial charge in [0, 0.05) is 12.2 Å². The molecule has 2 rings (SSSR count). The zero-order valence-electron chi connectivity index (χ0n) is 15.0. The molecule has 1 heterocycles. The summed E-state index contributed by atoms with van der Waals surface area (Å²) in [4.78, 5) is 19.1. The van der Waals surface area contributed by atoms with Crippen LogP contribution in [0.5, 0.6) is 0 Å². The maximum atomic E-state index is 9.55. The number of carboxylic acid groups (broad SMARTS) is 2. The van der Waals surface area contributed by atoms with E-state index in [9.17, 15) is 9.59 Å². The van der Waals surface area contributed by atoms with Crippen molar-refractivity contribution in [2.24, 2.45) is 5.84 Å². The Labute approximate surface area is 153 Å². The molecular formula is C18H28N4O4. The van der Waals surface area contributed by atoms with Gasteiger partial charge in [-0.3, -0.25) is 0 Å². The minimum atomic E-state index is -1.26. The van der Waals surface area contributed by atoms with E-state index in [1.165, 1.54) is 62.6 Å². The number of carbonyl (C=O) groups is 2. The molecule has 1 aromatic rings. The number of aromatic nitrogens is 2. The van der Waals surface area contributed by atoms with Crippen LogP contribution in [0, 0.1) is 0 Å². The molecule has 5 N–H and O–H groups in total. The Hall–Kier alpha value is -2.48. The number of nitrogens with two attached hydrogens (primary N) is 1. The van der Waals surface area contributed by atoms with Crippen molar-refractivity contribution < 1.29 is 19.8 Å². The van der Waals surface area contributed by atoms with Gasteiger partial charge in [0.1, 0.15) is 0 Å². The van der Waals surface area contributed by atoms with Crippen LogP contribution in [0.25, 0.3) is 0 Å². The molecule has 0 atom stereocenters. The van der Waals surface area contributed by atoms with Gasteiger partial charge in [-0.2, -0.15) is 5.10 Å². The van der Waals surface area contributed by atoms with E-state index in [-0.39, 0.29) is 0 Å². The van der Waals surface area contributed by atoms with Crippen LogP contribution in [0.15, 0.2) is 18.2 Å². The molecule has 0 amide bonds. The summed E-state index contributed by atoms with van der Waals surface area (Å²) in [7, 11) is 0. The first-order valence-electron chi connectivity index (χ1n) is 8.99. The SMILES string of the molecule is NNc1cc2c(nn1)CCCCCCCCCC2.O=C(O)C=CC(=O)O. The standard InChI is InChI=1S/C14H24N4.C4H4O4/c15-16-14-11-12-9-7-5-3-1-2-4-6-8-10-13(12)17-18-14;5-3(6)1-2-4(7)8/h11H,1-10,15H2,(H,16,18);1-2H,(H,5,6)(H,7,8). The van der Waals surface area contributed by atoms with Crippen molar-refractivity contribution in [1.29, 1.82) is 0 Å². The molecule has 0 aromatic carbocycles. The molecule has 0 radical (unpaired) electrons. The third-order valence-corrected chi connectivity index (χ3v) is 4.09. The van der Waals surface area contributed by atoms with Gasteiger partial charge in [-0.05, 0) is 37.3 Å². The minimum Gasteiger partial charge on any atom is -0.478 e. The molecule has 8 nitrogen and oxygen atoms in total. The highest BCUT2D eigenvalue weighted by molar-refractivity contribution is 5.89. The topological polar surface area (TPSA) is 138 Å². The lowest BCUT2D eigenvalue weighted by Gasteiger charge is -2.11. The van der Waals surface area contributed by atoms with Crippen molar-refractivity contribution in [1.82, 2.24) is 10.2 Å². The van der Waals surface area contributed by atoms with Crippen molar-refractivity contribution in [2.45, 2.75) is 64.2 Å². The maximum absolute atomic E-state index is 9.55. The summed E-state index contributed by atoms with van der Waals surface area (Å²) >= 11 is 0. The number of nitrogens with one attached hydrogen (secondary N) is 1. The first-order chi connectivity index (χ1) is 12.5. The van der Waals surface area contributed by atoms with Gasteiger partial charge in [0.05, 0.1) is 5.69 Å². The summed E-state index contributed by atoms with van der Waals surface area (Å²) in [6, 6.07) is 2.06. The fourth-order valence-electron chi connectivity index (χ4n) is 2.76. The average molecular weight is 364 g/mol. The smallest absolute Gasteiger partial charge is 0.328 e. The number of hydrogen-bond donors (Lipinski definition) is 4. The number of nitrogens with zero attached hydrogens (tertiary/aromatic N) is 2. The number of hydrazine groups is 1. The lowest BCUT2D eigenvalue weighted by Crippen LogP contribution is -2.11. The van der Waals surface area contributed by atoms with Crippen LogP contribution in [0.4, 0.5) is 5.82 Å². The molecular weight excluding hydrogens is 336 g/mol. The second-order valence-corrected chi connectivity index (χ2v) is 6.18. The number of fused-ring (bicyclic) bond motifs is 1. The van der Waals surface area contributed by atoms with Crippen LogP contribution in [-0.4, -0.2) is 32.3 Å². The molecule has 0 aliphatic heterocycles. The lowest BCUT2D eigenvalue weighted by molar-refractivity contribution is -0.134. The lowest BCUT2D eigenvalue weighted by atomic mass is 9.99. The van der Waals surface area contributed by atoms with Gasteiger partial charge in [0.25, 0.3) is 0 Å². The van der Waals surface area contributed by atoms with E-state index in [4.69, 9.17) is 16.1 Å². The molecule has 1 aliphatic carbocycles. The Bertz CT molecular complexity index is 589. The molecule has 0 spiro atoms. The largest absolute Gasteiger partial charge is 0.478 e. The quantitative estimate of drug-likeness (QED) is 0.365. The Kier molecular flexibility index (Phi) is 10.6. The summed E-state index contributed by atoms with van der Waals surface area (Å²) in [5.74, 6) is 3.57. The fraction of sp³-hybridized carbons (Fsp3) is 0.556. The van der Waals surface area contributed by atoms with Gasteiger partial charge in [-0.1, -0.05) is 38.5 Å². The molecule has 0 bridgehead atoms. The van der Waals surface area contributed by atoms with E-state index < -0.39 is 11.9 Å². The monoisotopic (exact) mass is 364 g/mol. The molecule has 8 heteroatoms. The van der Waals surface area contributed by atoms with Gasteiger partial charge in [-0.15, -0.1) is 5.10 Å². The summed E-state index contributed by atoms with van der Waals surface area (Å²) in [6.45, 7) is 0. The zero-order valence-corrected chi connectivity index (χ0v) is 15.0. The second-order valence-electron chi connectivity index (χ2n) is 6.18. The first kappa shape index (κ1) is 21.6. The molecule has 26 heavy (non-hydrogen) atoms. The molecule has 0 unspecified atom stereocenters. The van der Waals surface area contributed by atoms with Crippen LogP contribution in [-0.2, 0) is 22.4 Å². The molecule has 1 aliphatic rings. The average Bonchev–Trinajstić information content (AvgIpc) is 2.61. The van der Waals surface area contributed by atoms with E-state index in [1.807, 2.05) is 0 Å². The molecule has 0 saturated carbocycles.